The Morgan fingerprint density at radius 2 is 2.17 bits per heavy atom. The minimum Gasteiger partial charge on any atom is -0.480 e. The van der Waals surface area contributed by atoms with Crippen molar-refractivity contribution in [2.45, 2.75) is 18.9 Å². The van der Waals surface area contributed by atoms with Crippen LogP contribution in [0.2, 0.25) is 5.02 Å². The van der Waals surface area contributed by atoms with Crippen LogP contribution in [0.5, 0.6) is 0 Å². The number of nitrogens with two attached hydrogens (primary N) is 1. The number of hydrogen-bond acceptors (Lipinski definition) is 3. The number of carboxylic acids is 1. The molecule has 0 spiro atoms. The van der Waals surface area contributed by atoms with Crippen LogP contribution in [0, 0.1) is 0 Å². The van der Waals surface area contributed by atoms with Gasteiger partial charge in [-0.2, -0.15) is 0 Å². The first-order valence-electron chi connectivity index (χ1n) is 5.06. The molecule has 0 aromatic carbocycles. The zero-order valence-corrected chi connectivity index (χ0v) is 10.0. The molecule has 98 valence electrons. The summed E-state index contributed by atoms with van der Waals surface area (Å²) >= 11 is 5.62. The summed E-state index contributed by atoms with van der Waals surface area (Å²) < 4.78 is 0. The number of nitrogens with one attached hydrogen (secondary N) is 2. The van der Waals surface area contributed by atoms with Gasteiger partial charge in [0.1, 0.15) is 11.7 Å². The maximum absolute atomic E-state index is 11.6. The Kier molecular flexibility index (Phi) is 4.73. The van der Waals surface area contributed by atoms with Gasteiger partial charge >= 0.3 is 5.97 Å². The van der Waals surface area contributed by atoms with E-state index in [2.05, 4.69) is 10.3 Å². The van der Waals surface area contributed by atoms with Crippen molar-refractivity contribution >= 4 is 29.4 Å². The summed E-state index contributed by atoms with van der Waals surface area (Å²) in [4.78, 5) is 35.7. The van der Waals surface area contributed by atoms with Gasteiger partial charge in [0.25, 0.3) is 5.91 Å². The molecule has 1 aromatic heterocycles. The SMILES string of the molecule is NC(=O)CC[C@@H](NC(=O)c1cc(Cl)c[nH]1)C(=O)O. The van der Waals surface area contributed by atoms with Crippen LogP contribution in [0.25, 0.3) is 0 Å². The van der Waals surface area contributed by atoms with Crippen molar-refractivity contribution in [1.29, 1.82) is 0 Å². The second kappa shape index (κ2) is 6.06. The van der Waals surface area contributed by atoms with Gasteiger partial charge in [-0.05, 0) is 12.5 Å². The largest absolute Gasteiger partial charge is 0.480 e. The van der Waals surface area contributed by atoms with Crippen LogP contribution in [0.1, 0.15) is 23.3 Å². The number of primary amides is 1. The van der Waals surface area contributed by atoms with Crippen LogP contribution < -0.4 is 11.1 Å². The predicted octanol–water partition coefficient (Wildman–Crippen LogP) is 0.117. The molecule has 1 heterocycles. The summed E-state index contributed by atoms with van der Waals surface area (Å²) in [6, 6.07) is 0.191. The molecule has 0 bridgehead atoms. The zero-order chi connectivity index (χ0) is 13.7. The summed E-state index contributed by atoms with van der Waals surface area (Å²) in [6.45, 7) is 0. The van der Waals surface area contributed by atoms with E-state index in [-0.39, 0.29) is 18.5 Å². The molecule has 18 heavy (non-hydrogen) atoms. The smallest absolute Gasteiger partial charge is 0.326 e. The monoisotopic (exact) mass is 273 g/mol. The molecule has 0 unspecified atom stereocenters. The first kappa shape index (κ1) is 14.0. The van der Waals surface area contributed by atoms with E-state index in [0.29, 0.717) is 5.02 Å². The van der Waals surface area contributed by atoms with Crippen LogP contribution in [0.3, 0.4) is 0 Å². The van der Waals surface area contributed by atoms with Gasteiger partial charge in [0.05, 0.1) is 5.02 Å². The molecular formula is C10H12ClN3O4. The highest BCUT2D eigenvalue weighted by Gasteiger charge is 2.21. The van der Waals surface area contributed by atoms with E-state index in [1.54, 1.807) is 0 Å². The number of carbonyl (C=O) groups excluding carboxylic acids is 2. The number of amides is 2. The van der Waals surface area contributed by atoms with E-state index in [1.165, 1.54) is 12.3 Å². The molecule has 0 saturated heterocycles. The number of hydrogen-bond donors (Lipinski definition) is 4. The number of carboxylic acid groups (broad SMARTS) is 1. The Balaban J connectivity index is 2.63. The molecule has 0 aliphatic carbocycles. The third kappa shape index (κ3) is 4.10. The molecule has 0 radical (unpaired) electrons. The third-order valence-corrected chi connectivity index (χ3v) is 2.39. The van der Waals surface area contributed by atoms with Crippen molar-refractivity contribution in [2.24, 2.45) is 5.73 Å². The van der Waals surface area contributed by atoms with Gasteiger partial charge in [-0.3, -0.25) is 9.59 Å². The fraction of sp³-hybridized carbons (Fsp3) is 0.300. The highest BCUT2D eigenvalue weighted by Crippen LogP contribution is 2.09. The lowest BCUT2D eigenvalue weighted by Gasteiger charge is -2.12. The lowest BCUT2D eigenvalue weighted by molar-refractivity contribution is -0.139. The number of rotatable bonds is 6. The maximum atomic E-state index is 11.6. The predicted molar refractivity (Wildman–Crippen MR) is 63.1 cm³/mol. The molecule has 7 nitrogen and oxygen atoms in total. The van der Waals surface area contributed by atoms with Crippen molar-refractivity contribution in [2.75, 3.05) is 0 Å². The highest BCUT2D eigenvalue weighted by molar-refractivity contribution is 6.30. The van der Waals surface area contributed by atoms with E-state index in [4.69, 9.17) is 22.4 Å². The molecule has 2 amide bonds. The Labute approximate surface area is 107 Å². The fourth-order valence-electron chi connectivity index (χ4n) is 1.28. The molecule has 0 aliphatic heterocycles. The average Bonchev–Trinajstić information content (AvgIpc) is 2.70. The van der Waals surface area contributed by atoms with Crippen LogP contribution in [-0.4, -0.2) is 33.9 Å². The number of H-pyrrole nitrogens is 1. The van der Waals surface area contributed by atoms with E-state index >= 15 is 0 Å². The second-order valence-corrected chi connectivity index (χ2v) is 4.04. The van der Waals surface area contributed by atoms with Gasteiger partial charge < -0.3 is 21.1 Å². The number of carbonyl (C=O) groups is 3. The van der Waals surface area contributed by atoms with Crippen molar-refractivity contribution in [3.8, 4) is 0 Å². The van der Waals surface area contributed by atoms with Crippen LogP contribution in [-0.2, 0) is 9.59 Å². The molecule has 0 aliphatic rings. The van der Waals surface area contributed by atoms with Gasteiger partial charge in [0.2, 0.25) is 5.91 Å². The lowest BCUT2D eigenvalue weighted by Crippen LogP contribution is -2.41. The average molecular weight is 274 g/mol. The van der Waals surface area contributed by atoms with Gasteiger partial charge in [-0.25, -0.2) is 4.79 Å². The number of aromatic nitrogens is 1. The summed E-state index contributed by atoms with van der Waals surface area (Å²) in [5, 5.41) is 11.5. The Hall–Kier alpha value is -2.02. The fourth-order valence-corrected chi connectivity index (χ4v) is 1.44. The molecule has 1 aromatic rings. The van der Waals surface area contributed by atoms with E-state index in [9.17, 15) is 14.4 Å². The van der Waals surface area contributed by atoms with Crippen LogP contribution in [0.15, 0.2) is 12.3 Å². The minimum atomic E-state index is -1.23. The molecular weight excluding hydrogens is 262 g/mol. The van der Waals surface area contributed by atoms with Crippen LogP contribution in [0.4, 0.5) is 0 Å². The summed E-state index contributed by atoms with van der Waals surface area (Å²) in [5.74, 6) is -2.47. The summed E-state index contributed by atoms with van der Waals surface area (Å²) in [5.41, 5.74) is 5.06. The topological polar surface area (TPSA) is 125 Å². The Morgan fingerprint density at radius 1 is 1.50 bits per heavy atom. The quantitative estimate of drug-likeness (QED) is 0.587. The van der Waals surface area contributed by atoms with Crippen molar-refractivity contribution < 1.29 is 19.5 Å². The molecule has 8 heteroatoms. The lowest BCUT2D eigenvalue weighted by atomic mass is 10.1. The van der Waals surface area contributed by atoms with Crippen LogP contribution >= 0.6 is 11.6 Å². The van der Waals surface area contributed by atoms with Crippen molar-refractivity contribution in [3.05, 3.63) is 23.0 Å². The first-order valence-corrected chi connectivity index (χ1v) is 5.44. The molecule has 5 N–H and O–H groups in total. The molecule has 0 saturated carbocycles. The second-order valence-electron chi connectivity index (χ2n) is 3.60. The van der Waals surface area contributed by atoms with E-state index in [0.717, 1.165) is 0 Å². The maximum Gasteiger partial charge on any atom is 0.326 e. The molecule has 1 atom stereocenters. The highest BCUT2D eigenvalue weighted by atomic mass is 35.5. The van der Waals surface area contributed by atoms with Crippen molar-refractivity contribution in [3.63, 3.8) is 0 Å². The number of aromatic amines is 1. The molecule has 0 fully saturated rings. The normalized spacial score (nSPS) is 11.8. The van der Waals surface area contributed by atoms with E-state index in [1.807, 2.05) is 0 Å². The minimum absolute atomic E-state index is 0.0646. The van der Waals surface area contributed by atoms with E-state index < -0.39 is 23.8 Å². The Morgan fingerprint density at radius 3 is 2.61 bits per heavy atom. The summed E-state index contributed by atoms with van der Waals surface area (Å²) in [7, 11) is 0. The Bertz CT molecular complexity index is 471. The summed E-state index contributed by atoms with van der Waals surface area (Å²) in [6.07, 6.45) is 1.21. The van der Waals surface area contributed by atoms with Gasteiger partial charge in [0, 0.05) is 12.6 Å². The van der Waals surface area contributed by atoms with Crippen molar-refractivity contribution in [1.82, 2.24) is 10.3 Å². The number of aliphatic carboxylic acids is 1. The third-order valence-electron chi connectivity index (χ3n) is 2.18. The van der Waals surface area contributed by atoms with Gasteiger partial charge in [-0.1, -0.05) is 11.6 Å². The number of halogens is 1. The van der Waals surface area contributed by atoms with Gasteiger partial charge in [-0.15, -0.1) is 0 Å². The first-order chi connectivity index (χ1) is 8.40. The zero-order valence-electron chi connectivity index (χ0n) is 9.27. The van der Waals surface area contributed by atoms with Gasteiger partial charge in [0.15, 0.2) is 0 Å². The standard InChI is InChI=1S/C10H12ClN3O4/c11-5-3-7(13-4-5)9(16)14-6(10(17)18)1-2-8(12)15/h3-4,6,13H,1-2H2,(H2,12,15)(H,14,16)(H,17,18)/t6-/m1/s1. The molecule has 1 rings (SSSR count).